The van der Waals surface area contributed by atoms with Crippen LogP contribution in [0.15, 0.2) is 41.1 Å². The number of benzene rings is 1. The Kier molecular flexibility index (Phi) is 5.11. The van der Waals surface area contributed by atoms with Gasteiger partial charge in [0.15, 0.2) is 11.3 Å². The number of rotatable bonds is 7. The van der Waals surface area contributed by atoms with Gasteiger partial charge < -0.3 is 14.5 Å². The Labute approximate surface area is 142 Å². The summed E-state index contributed by atoms with van der Waals surface area (Å²) in [6.45, 7) is 7.42. The van der Waals surface area contributed by atoms with E-state index in [-0.39, 0.29) is 6.04 Å². The summed E-state index contributed by atoms with van der Waals surface area (Å²) in [6.07, 6.45) is 4.60. The van der Waals surface area contributed by atoms with Crippen LogP contribution in [0.3, 0.4) is 0 Å². The largest absolute Gasteiger partial charge is 0.490 e. The summed E-state index contributed by atoms with van der Waals surface area (Å²) in [5.41, 5.74) is 1.86. The van der Waals surface area contributed by atoms with Crippen LogP contribution >= 0.6 is 0 Å². The molecule has 0 bridgehead atoms. The minimum atomic E-state index is 0.0812. The van der Waals surface area contributed by atoms with E-state index in [1.54, 1.807) is 0 Å². The third kappa shape index (κ3) is 3.57. The summed E-state index contributed by atoms with van der Waals surface area (Å²) in [6, 6.07) is 8.10. The monoisotopic (exact) mass is 325 g/mol. The van der Waals surface area contributed by atoms with Crippen LogP contribution < -0.4 is 10.1 Å². The lowest BCUT2D eigenvalue weighted by atomic mass is 10.2. The minimum absolute atomic E-state index is 0.0812. The molecular formula is C19H23N3O2. The van der Waals surface area contributed by atoms with Crippen LogP contribution in [0.2, 0.25) is 0 Å². The Morgan fingerprint density at radius 2 is 2.00 bits per heavy atom. The smallest absolute Gasteiger partial charge is 0.176 e. The lowest BCUT2D eigenvalue weighted by molar-refractivity contribution is 0.336. The predicted molar refractivity (Wildman–Crippen MR) is 94.0 cm³/mol. The molecule has 0 amide bonds. The van der Waals surface area contributed by atoms with Crippen molar-refractivity contribution in [1.29, 1.82) is 0 Å². The molecule has 1 aromatic carbocycles. The molecule has 3 rings (SSSR count). The molecule has 3 aromatic rings. The van der Waals surface area contributed by atoms with Crippen molar-refractivity contribution < 1.29 is 9.15 Å². The molecule has 1 atom stereocenters. The topological polar surface area (TPSA) is 60.2 Å². The number of ether oxygens (including phenoxy) is 1. The van der Waals surface area contributed by atoms with Crippen LogP contribution in [-0.4, -0.2) is 16.6 Å². The number of nitrogens with zero attached hydrogens (tertiary/aromatic N) is 2. The Morgan fingerprint density at radius 1 is 1.21 bits per heavy atom. The molecule has 1 N–H and O–H groups in total. The number of nitrogens with one attached hydrogen (secondary N) is 1. The summed E-state index contributed by atoms with van der Waals surface area (Å²) in [7, 11) is 0. The lowest BCUT2D eigenvalue weighted by Crippen LogP contribution is -2.18. The summed E-state index contributed by atoms with van der Waals surface area (Å²) < 4.78 is 11.7. The summed E-state index contributed by atoms with van der Waals surface area (Å²) in [5, 5.41) is 4.51. The average molecular weight is 325 g/mol. The Balaban J connectivity index is 1.71. The third-order valence-corrected chi connectivity index (χ3v) is 3.94. The van der Waals surface area contributed by atoms with Gasteiger partial charge in [0.05, 0.1) is 12.6 Å². The van der Waals surface area contributed by atoms with E-state index in [4.69, 9.17) is 9.15 Å². The first-order valence-corrected chi connectivity index (χ1v) is 8.39. The Hall–Kier alpha value is -2.40. The number of aromatic nitrogens is 2. The fourth-order valence-electron chi connectivity index (χ4n) is 2.57. The van der Waals surface area contributed by atoms with Gasteiger partial charge in [0, 0.05) is 36.3 Å². The van der Waals surface area contributed by atoms with E-state index in [1.165, 1.54) is 0 Å². The van der Waals surface area contributed by atoms with Crippen molar-refractivity contribution in [3.05, 3.63) is 53.8 Å². The van der Waals surface area contributed by atoms with Gasteiger partial charge >= 0.3 is 0 Å². The quantitative estimate of drug-likeness (QED) is 0.710. The lowest BCUT2D eigenvalue weighted by Gasteiger charge is -2.11. The second-order valence-electron chi connectivity index (χ2n) is 5.72. The molecule has 5 nitrogen and oxygen atoms in total. The third-order valence-electron chi connectivity index (χ3n) is 3.94. The van der Waals surface area contributed by atoms with E-state index in [0.717, 1.165) is 40.3 Å². The molecule has 0 fully saturated rings. The molecule has 0 saturated carbocycles. The maximum absolute atomic E-state index is 6.02. The molecule has 0 aliphatic rings. The van der Waals surface area contributed by atoms with Gasteiger partial charge in [-0.3, -0.25) is 0 Å². The molecule has 0 saturated heterocycles. The van der Waals surface area contributed by atoms with Crippen LogP contribution in [0, 0.1) is 0 Å². The van der Waals surface area contributed by atoms with Gasteiger partial charge in [-0.15, -0.1) is 0 Å². The van der Waals surface area contributed by atoms with Gasteiger partial charge in [-0.1, -0.05) is 19.1 Å². The molecule has 0 aliphatic carbocycles. The van der Waals surface area contributed by atoms with Crippen molar-refractivity contribution in [2.75, 3.05) is 6.61 Å². The van der Waals surface area contributed by atoms with Crippen LogP contribution in [0.5, 0.6) is 5.75 Å². The van der Waals surface area contributed by atoms with Crippen molar-refractivity contribution >= 4 is 11.0 Å². The molecule has 2 heterocycles. The fourth-order valence-corrected chi connectivity index (χ4v) is 2.57. The second kappa shape index (κ2) is 7.45. The fraction of sp³-hybridized carbons (Fsp3) is 0.368. The van der Waals surface area contributed by atoms with E-state index in [2.05, 4.69) is 28.3 Å². The molecule has 2 aromatic heterocycles. The van der Waals surface area contributed by atoms with Crippen molar-refractivity contribution in [3.8, 4) is 5.75 Å². The highest BCUT2D eigenvalue weighted by atomic mass is 16.5. The molecule has 0 radical (unpaired) electrons. The van der Waals surface area contributed by atoms with Gasteiger partial charge in [0.1, 0.15) is 11.6 Å². The zero-order valence-corrected chi connectivity index (χ0v) is 14.4. The molecular weight excluding hydrogens is 302 g/mol. The highest BCUT2D eigenvalue weighted by molar-refractivity contribution is 5.83. The van der Waals surface area contributed by atoms with Crippen LogP contribution in [0.4, 0.5) is 0 Å². The minimum Gasteiger partial charge on any atom is -0.490 e. The summed E-state index contributed by atoms with van der Waals surface area (Å²) in [5.74, 6) is 2.55. The van der Waals surface area contributed by atoms with Gasteiger partial charge in [0.2, 0.25) is 0 Å². The number of aryl methyl sites for hydroxylation is 1. The first-order chi connectivity index (χ1) is 11.7. The maximum atomic E-state index is 6.02. The van der Waals surface area contributed by atoms with Crippen molar-refractivity contribution in [2.45, 2.75) is 39.8 Å². The highest BCUT2D eigenvalue weighted by Crippen LogP contribution is 2.31. The highest BCUT2D eigenvalue weighted by Gasteiger charge is 2.14. The summed E-state index contributed by atoms with van der Waals surface area (Å²) in [4.78, 5) is 8.65. The van der Waals surface area contributed by atoms with E-state index < -0.39 is 0 Å². The number of hydrogen-bond donors (Lipinski definition) is 1. The number of para-hydroxylation sites is 1. The van der Waals surface area contributed by atoms with E-state index >= 15 is 0 Å². The molecule has 24 heavy (non-hydrogen) atoms. The van der Waals surface area contributed by atoms with Crippen molar-refractivity contribution in [1.82, 2.24) is 15.3 Å². The van der Waals surface area contributed by atoms with Gasteiger partial charge in [-0.05, 0) is 26.0 Å². The zero-order valence-electron chi connectivity index (χ0n) is 14.4. The number of furan rings is 1. The molecule has 126 valence electrons. The van der Waals surface area contributed by atoms with Crippen LogP contribution in [-0.2, 0) is 13.0 Å². The van der Waals surface area contributed by atoms with Crippen LogP contribution in [0.25, 0.3) is 11.0 Å². The zero-order chi connectivity index (χ0) is 16.9. The van der Waals surface area contributed by atoms with E-state index in [9.17, 15) is 0 Å². The second-order valence-corrected chi connectivity index (χ2v) is 5.72. The van der Waals surface area contributed by atoms with Crippen molar-refractivity contribution in [2.24, 2.45) is 0 Å². The van der Waals surface area contributed by atoms with E-state index in [0.29, 0.717) is 13.2 Å². The Morgan fingerprint density at radius 3 is 2.71 bits per heavy atom. The molecule has 0 aliphatic heterocycles. The number of fused-ring (bicyclic) bond motifs is 1. The predicted octanol–water partition coefficient (Wildman–Crippen LogP) is 4.03. The normalized spacial score (nSPS) is 12.5. The average Bonchev–Trinajstić information content (AvgIpc) is 3.06. The SMILES string of the molecule is CCOc1cccc2cc(C(C)NCc3cnc(CC)nc3)oc12. The van der Waals surface area contributed by atoms with E-state index in [1.807, 2.05) is 44.4 Å². The Bertz CT molecular complexity index is 796. The molecule has 5 heteroatoms. The summed E-state index contributed by atoms with van der Waals surface area (Å²) >= 11 is 0. The maximum Gasteiger partial charge on any atom is 0.176 e. The molecule has 0 spiro atoms. The molecule has 1 unspecified atom stereocenters. The van der Waals surface area contributed by atoms with Crippen LogP contribution in [0.1, 0.15) is 44.0 Å². The first kappa shape index (κ1) is 16.5. The van der Waals surface area contributed by atoms with Gasteiger partial charge in [-0.25, -0.2) is 9.97 Å². The van der Waals surface area contributed by atoms with Crippen molar-refractivity contribution in [3.63, 3.8) is 0 Å². The van der Waals surface area contributed by atoms with Gasteiger partial charge in [0.25, 0.3) is 0 Å². The first-order valence-electron chi connectivity index (χ1n) is 8.39. The van der Waals surface area contributed by atoms with Gasteiger partial charge in [-0.2, -0.15) is 0 Å². The standard InChI is InChI=1S/C19H23N3O2/c1-4-18-21-11-14(12-22-18)10-20-13(3)17-9-15-7-6-8-16(23-5-2)19(15)24-17/h6-9,11-13,20H,4-5,10H2,1-3H3. The number of hydrogen-bond acceptors (Lipinski definition) is 5.